The van der Waals surface area contributed by atoms with Gasteiger partial charge < -0.3 is 9.47 Å². The average Bonchev–Trinajstić information content (AvgIpc) is 2.74. The molecule has 0 saturated carbocycles. The molecule has 0 N–H and O–H groups in total. The lowest BCUT2D eigenvalue weighted by molar-refractivity contribution is 0.146. The minimum absolute atomic E-state index is 0.172. The number of thiol groups is 1. The molecule has 8 heteroatoms. The van der Waals surface area contributed by atoms with Crippen LogP contribution in [0.25, 0.3) is 0 Å². The predicted octanol–water partition coefficient (Wildman–Crippen LogP) is 4.71. The molecule has 28 heavy (non-hydrogen) atoms. The Labute approximate surface area is 173 Å². The quantitative estimate of drug-likeness (QED) is 0.590. The standard InChI is InChI=1S/C20H18ClN3O3S/c1-26-20(25)24(28)18(17-19(21)23-11-10-22-17)15-8-5-9-16(12-15)27-13-14-6-3-2-4-7-14/h2-12,18,28H,13H2,1H3. The Balaban J connectivity index is 1.92. The van der Waals surface area contributed by atoms with Crippen LogP contribution in [0.5, 0.6) is 5.75 Å². The third-order valence-corrected chi connectivity index (χ3v) is 4.65. The normalized spacial score (nSPS) is 11.5. The van der Waals surface area contributed by atoms with E-state index in [1.807, 2.05) is 54.6 Å². The molecule has 1 amide bonds. The number of carbonyl (C=O) groups excluding carboxylic acids is 1. The van der Waals surface area contributed by atoms with Crippen LogP contribution in [-0.2, 0) is 11.3 Å². The van der Waals surface area contributed by atoms with Gasteiger partial charge in [0.2, 0.25) is 0 Å². The van der Waals surface area contributed by atoms with Gasteiger partial charge in [-0.05, 0) is 23.3 Å². The second-order valence-electron chi connectivity index (χ2n) is 5.80. The van der Waals surface area contributed by atoms with E-state index in [0.29, 0.717) is 23.6 Å². The van der Waals surface area contributed by atoms with Crippen LogP contribution >= 0.6 is 24.4 Å². The fourth-order valence-electron chi connectivity index (χ4n) is 2.64. The van der Waals surface area contributed by atoms with Gasteiger partial charge >= 0.3 is 6.09 Å². The number of hydrogen-bond donors (Lipinski definition) is 1. The zero-order valence-electron chi connectivity index (χ0n) is 15.0. The lowest BCUT2D eigenvalue weighted by Gasteiger charge is -2.26. The van der Waals surface area contributed by atoms with Gasteiger partial charge in [0, 0.05) is 12.4 Å². The molecule has 1 atom stereocenters. The Hall–Kier alpha value is -2.77. The summed E-state index contributed by atoms with van der Waals surface area (Å²) < 4.78 is 11.8. The maximum absolute atomic E-state index is 12.1. The molecule has 0 spiro atoms. The van der Waals surface area contributed by atoms with Gasteiger partial charge in [0.25, 0.3) is 0 Å². The summed E-state index contributed by atoms with van der Waals surface area (Å²) in [6, 6.07) is 16.4. The van der Waals surface area contributed by atoms with Crippen LogP contribution in [0.1, 0.15) is 22.9 Å². The summed E-state index contributed by atoms with van der Waals surface area (Å²) in [6.45, 7) is 0.419. The number of hydrogen-bond acceptors (Lipinski definition) is 6. The Morgan fingerprint density at radius 2 is 1.89 bits per heavy atom. The highest BCUT2D eigenvalue weighted by atomic mass is 35.5. The van der Waals surface area contributed by atoms with Gasteiger partial charge in [0.15, 0.2) is 5.15 Å². The van der Waals surface area contributed by atoms with E-state index in [1.54, 1.807) is 0 Å². The largest absolute Gasteiger partial charge is 0.489 e. The molecule has 1 aromatic heterocycles. The Morgan fingerprint density at radius 3 is 2.61 bits per heavy atom. The number of halogens is 1. The van der Waals surface area contributed by atoms with Crippen molar-refractivity contribution in [3.05, 3.63) is 89.0 Å². The van der Waals surface area contributed by atoms with Crippen molar-refractivity contribution in [2.75, 3.05) is 7.11 Å². The van der Waals surface area contributed by atoms with Gasteiger partial charge in [-0.3, -0.25) is 4.98 Å². The zero-order chi connectivity index (χ0) is 19.9. The molecular weight excluding hydrogens is 398 g/mol. The smallest absolute Gasteiger partial charge is 0.420 e. The number of amides is 1. The first-order valence-electron chi connectivity index (χ1n) is 8.39. The number of benzene rings is 2. The molecule has 0 saturated heterocycles. The topological polar surface area (TPSA) is 64.5 Å². The molecule has 3 rings (SSSR count). The van der Waals surface area contributed by atoms with Crippen LogP contribution < -0.4 is 4.74 Å². The highest BCUT2D eigenvalue weighted by Crippen LogP contribution is 2.34. The van der Waals surface area contributed by atoms with E-state index < -0.39 is 12.1 Å². The number of aromatic nitrogens is 2. The maximum Gasteiger partial charge on any atom is 0.420 e. The molecule has 6 nitrogen and oxygen atoms in total. The molecule has 144 valence electrons. The summed E-state index contributed by atoms with van der Waals surface area (Å²) in [5.41, 5.74) is 2.13. The van der Waals surface area contributed by atoms with Crippen molar-refractivity contribution in [2.24, 2.45) is 0 Å². The van der Waals surface area contributed by atoms with Gasteiger partial charge in [0.05, 0.1) is 7.11 Å². The predicted molar refractivity (Wildman–Crippen MR) is 109 cm³/mol. The van der Waals surface area contributed by atoms with Crippen LogP contribution in [-0.4, -0.2) is 27.5 Å². The van der Waals surface area contributed by atoms with Gasteiger partial charge in [0.1, 0.15) is 24.1 Å². The lowest BCUT2D eigenvalue weighted by Crippen LogP contribution is -2.28. The number of rotatable bonds is 6. The van der Waals surface area contributed by atoms with Crippen molar-refractivity contribution < 1.29 is 14.3 Å². The monoisotopic (exact) mass is 415 g/mol. The first kappa shape index (κ1) is 20.0. The zero-order valence-corrected chi connectivity index (χ0v) is 16.7. The maximum atomic E-state index is 12.1. The number of methoxy groups -OCH3 is 1. The lowest BCUT2D eigenvalue weighted by atomic mass is 10.0. The third-order valence-electron chi connectivity index (χ3n) is 3.97. The minimum Gasteiger partial charge on any atom is -0.489 e. The minimum atomic E-state index is -0.711. The van der Waals surface area contributed by atoms with Crippen molar-refractivity contribution in [1.29, 1.82) is 0 Å². The van der Waals surface area contributed by atoms with Crippen molar-refractivity contribution in [3.8, 4) is 5.75 Å². The van der Waals surface area contributed by atoms with E-state index >= 15 is 0 Å². The first-order chi connectivity index (χ1) is 13.6. The Kier molecular flexibility index (Phi) is 6.73. The van der Waals surface area contributed by atoms with Crippen molar-refractivity contribution >= 4 is 30.5 Å². The van der Waals surface area contributed by atoms with Crippen LogP contribution in [0.2, 0.25) is 5.15 Å². The second kappa shape index (κ2) is 9.43. The second-order valence-corrected chi connectivity index (χ2v) is 6.59. The molecule has 0 radical (unpaired) electrons. The van der Waals surface area contributed by atoms with E-state index in [4.69, 9.17) is 21.1 Å². The summed E-state index contributed by atoms with van der Waals surface area (Å²) >= 11 is 10.5. The molecule has 1 heterocycles. The van der Waals surface area contributed by atoms with Crippen LogP contribution in [0.15, 0.2) is 67.0 Å². The average molecular weight is 416 g/mol. The van der Waals surface area contributed by atoms with E-state index in [9.17, 15) is 4.79 Å². The molecule has 0 fully saturated rings. The molecule has 0 bridgehead atoms. The molecule has 0 aliphatic heterocycles. The SMILES string of the molecule is COC(=O)N(S)C(c1cccc(OCc2ccccc2)c1)c1nccnc1Cl. The summed E-state index contributed by atoms with van der Waals surface area (Å²) in [5.74, 6) is 0.637. The fraction of sp³-hybridized carbons (Fsp3) is 0.150. The van der Waals surface area contributed by atoms with E-state index in [2.05, 4.69) is 22.8 Å². The van der Waals surface area contributed by atoms with E-state index in [1.165, 1.54) is 19.5 Å². The Morgan fingerprint density at radius 1 is 1.14 bits per heavy atom. The van der Waals surface area contributed by atoms with Crippen LogP contribution in [0, 0.1) is 0 Å². The summed E-state index contributed by atoms with van der Waals surface area (Å²) in [6.07, 6.45) is 2.33. The molecule has 3 aromatic rings. The van der Waals surface area contributed by atoms with Crippen molar-refractivity contribution in [1.82, 2.24) is 14.3 Å². The molecule has 2 aromatic carbocycles. The van der Waals surface area contributed by atoms with Gasteiger partial charge in [-0.15, -0.1) is 0 Å². The molecular formula is C20H18ClN3O3S. The van der Waals surface area contributed by atoms with E-state index in [0.717, 1.165) is 9.87 Å². The van der Waals surface area contributed by atoms with Crippen molar-refractivity contribution in [2.45, 2.75) is 12.6 Å². The number of carbonyl (C=O) groups is 1. The summed E-state index contributed by atoms with van der Waals surface area (Å²) in [5, 5.41) is 0.172. The molecule has 1 unspecified atom stereocenters. The third kappa shape index (κ3) is 4.74. The summed E-state index contributed by atoms with van der Waals surface area (Å²) in [4.78, 5) is 20.4. The number of nitrogens with zero attached hydrogens (tertiary/aromatic N) is 3. The van der Waals surface area contributed by atoms with Gasteiger partial charge in [-0.1, -0.05) is 66.9 Å². The number of ether oxygens (including phenoxy) is 2. The van der Waals surface area contributed by atoms with Gasteiger partial charge in [-0.25, -0.2) is 14.1 Å². The summed E-state index contributed by atoms with van der Waals surface area (Å²) in [7, 11) is 1.28. The highest BCUT2D eigenvalue weighted by molar-refractivity contribution is 7.78. The van der Waals surface area contributed by atoms with Crippen molar-refractivity contribution in [3.63, 3.8) is 0 Å². The highest BCUT2D eigenvalue weighted by Gasteiger charge is 2.29. The fourth-order valence-corrected chi connectivity index (χ4v) is 3.18. The first-order valence-corrected chi connectivity index (χ1v) is 9.17. The Bertz CT molecular complexity index is 943. The molecule has 0 aliphatic carbocycles. The molecule has 0 aliphatic rings. The van der Waals surface area contributed by atoms with E-state index in [-0.39, 0.29) is 5.15 Å². The van der Waals surface area contributed by atoms with Gasteiger partial charge in [-0.2, -0.15) is 0 Å². The van der Waals surface area contributed by atoms with Crippen LogP contribution in [0.3, 0.4) is 0 Å². The van der Waals surface area contributed by atoms with Crippen LogP contribution in [0.4, 0.5) is 4.79 Å².